The van der Waals surface area contributed by atoms with E-state index >= 15 is 0 Å². The number of anilines is 1. The number of hydrogen-bond acceptors (Lipinski definition) is 5. The highest BCUT2D eigenvalue weighted by molar-refractivity contribution is 7.99. The van der Waals surface area contributed by atoms with Crippen molar-refractivity contribution >= 4 is 17.4 Å². The van der Waals surface area contributed by atoms with E-state index < -0.39 is 0 Å². The first-order valence-corrected chi connectivity index (χ1v) is 6.64. The van der Waals surface area contributed by atoms with Crippen LogP contribution in [0.4, 0.5) is 5.69 Å². The highest BCUT2D eigenvalue weighted by Gasteiger charge is 2.09. The third-order valence-electron chi connectivity index (χ3n) is 2.32. The fourth-order valence-corrected chi connectivity index (χ4v) is 2.41. The number of ether oxygens (including phenoxy) is 1. The van der Waals surface area contributed by atoms with Crippen molar-refractivity contribution in [2.24, 2.45) is 7.05 Å². The number of aromatic nitrogens is 3. The standard InChI is InChI=1S/C12H16N4O2S/c1-7(2)18-9-4-8(13)5-10(6-9)19-12-15-14-11(17)16(12)3/h4-7H,13H2,1-3H3,(H,14,17). The van der Waals surface area contributed by atoms with Crippen LogP contribution in [-0.2, 0) is 7.05 Å². The summed E-state index contributed by atoms with van der Waals surface area (Å²) < 4.78 is 7.06. The second-order valence-corrected chi connectivity index (χ2v) is 5.42. The van der Waals surface area contributed by atoms with E-state index in [1.54, 1.807) is 13.1 Å². The van der Waals surface area contributed by atoms with E-state index in [2.05, 4.69) is 10.2 Å². The van der Waals surface area contributed by atoms with E-state index in [1.807, 2.05) is 26.0 Å². The number of rotatable bonds is 4. The van der Waals surface area contributed by atoms with Crippen LogP contribution in [0, 0.1) is 0 Å². The highest BCUT2D eigenvalue weighted by atomic mass is 32.2. The van der Waals surface area contributed by atoms with Crippen molar-refractivity contribution in [1.29, 1.82) is 0 Å². The van der Waals surface area contributed by atoms with Gasteiger partial charge in [-0.1, -0.05) is 0 Å². The van der Waals surface area contributed by atoms with Gasteiger partial charge in [0.25, 0.3) is 0 Å². The van der Waals surface area contributed by atoms with Gasteiger partial charge in [-0.15, -0.1) is 5.10 Å². The summed E-state index contributed by atoms with van der Waals surface area (Å²) >= 11 is 1.35. The Morgan fingerprint density at radius 3 is 2.74 bits per heavy atom. The predicted octanol–water partition coefficient (Wildman–Crippen LogP) is 1.63. The summed E-state index contributed by atoms with van der Waals surface area (Å²) in [5.74, 6) is 0.707. The van der Waals surface area contributed by atoms with E-state index in [0.29, 0.717) is 16.6 Å². The number of nitrogens with two attached hydrogens (primary N) is 1. The summed E-state index contributed by atoms with van der Waals surface area (Å²) in [6.07, 6.45) is 0.0781. The van der Waals surface area contributed by atoms with Gasteiger partial charge in [-0.3, -0.25) is 4.57 Å². The molecular formula is C12H16N4O2S. The summed E-state index contributed by atoms with van der Waals surface area (Å²) in [6, 6.07) is 5.46. The molecule has 1 aromatic carbocycles. The molecule has 2 rings (SSSR count). The maximum Gasteiger partial charge on any atom is 0.343 e. The van der Waals surface area contributed by atoms with Gasteiger partial charge >= 0.3 is 5.69 Å². The summed E-state index contributed by atoms with van der Waals surface area (Å²) in [6.45, 7) is 3.90. The van der Waals surface area contributed by atoms with Crippen LogP contribution in [0.2, 0.25) is 0 Å². The van der Waals surface area contributed by atoms with Crippen LogP contribution >= 0.6 is 11.8 Å². The molecule has 0 aliphatic rings. The molecular weight excluding hydrogens is 264 g/mol. The van der Waals surface area contributed by atoms with Gasteiger partial charge in [0.05, 0.1) is 6.10 Å². The molecule has 0 bridgehead atoms. The van der Waals surface area contributed by atoms with Crippen LogP contribution in [-0.4, -0.2) is 20.9 Å². The zero-order valence-electron chi connectivity index (χ0n) is 11.0. The molecule has 0 spiro atoms. The smallest absolute Gasteiger partial charge is 0.343 e. The van der Waals surface area contributed by atoms with Gasteiger partial charge in [0, 0.05) is 23.7 Å². The minimum atomic E-state index is -0.245. The molecule has 2 aromatic rings. The van der Waals surface area contributed by atoms with Crippen LogP contribution in [0.15, 0.2) is 33.0 Å². The zero-order valence-corrected chi connectivity index (χ0v) is 11.8. The Bertz CT molecular complexity index is 633. The third-order valence-corrected chi connectivity index (χ3v) is 3.34. The molecule has 19 heavy (non-hydrogen) atoms. The average Bonchev–Trinajstić information content (AvgIpc) is 2.59. The molecule has 102 valence electrons. The van der Waals surface area contributed by atoms with E-state index in [-0.39, 0.29) is 11.8 Å². The van der Waals surface area contributed by atoms with Crippen LogP contribution in [0.25, 0.3) is 0 Å². The number of hydrogen-bond donors (Lipinski definition) is 2. The largest absolute Gasteiger partial charge is 0.491 e. The van der Waals surface area contributed by atoms with Crippen LogP contribution in [0.3, 0.4) is 0 Å². The maximum absolute atomic E-state index is 11.3. The summed E-state index contributed by atoms with van der Waals surface area (Å²) in [4.78, 5) is 12.2. The van der Waals surface area contributed by atoms with Crippen molar-refractivity contribution in [3.63, 3.8) is 0 Å². The molecule has 0 amide bonds. The minimum absolute atomic E-state index is 0.0781. The van der Waals surface area contributed by atoms with Gasteiger partial charge in [0.2, 0.25) is 0 Å². The molecule has 3 N–H and O–H groups in total. The molecule has 0 saturated heterocycles. The third kappa shape index (κ3) is 3.31. The van der Waals surface area contributed by atoms with Crippen molar-refractivity contribution in [3.8, 4) is 5.75 Å². The van der Waals surface area contributed by atoms with Gasteiger partial charge in [-0.25, -0.2) is 9.89 Å². The van der Waals surface area contributed by atoms with Gasteiger partial charge < -0.3 is 10.5 Å². The van der Waals surface area contributed by atoms with Gasteiger partial charge in [0.15, 0.2) is 5.16 Å². The second-order valence-electron chi connectivity index (χ2n) is 4.38. The molecule has 0 fully saturated rings. The lowest BCUT2D eigenvalue weighted by molar-refractivity contribution is 0.242. The first-order valence-electron chi connectivity index (χ1n) is 5.82. The summed E-state index contributed by atoms with van der Waals surface area (Å²) in [7, 11) is 1.66. The van der Waals surface area contributed by atoms with E-state index in [9.17, 15) is 4.79 Å². The first kappa shape index (κ1) is 13.5. The Morgan fingerprint density at radius 2 is 2.16 bits per heavy atom. The first-order chi connectivity index (χ1) is 8.95. The normalized spacial score (nSPS) is 10.9. The van der Waals surface area contributed by atoms with Gasteiger partial charge in [0.1, 0.15) is 5.75 Å². The maximum atomic E-state index is 11.3. The Hall–Kier alpha value is -1.89. The molecule has 0 unspecified atom stereocenters. The lowest BCUT2D eigenvalue weighted by Crippen LogP contribution is -2.12. The van der Waals surface area contributed by atoms with Crippen LogP contribution in [0.5, 0.6) is 5.75 Å². The lowest BCUT2D eigenvalue weighted by Gasteiger charge is -2.11. The number of benzene rings is 1. The van der Waals surface area contributed by atoms with Crippen molar-refractivity contribution in [2.75, 3.05) is 5.73 Å². The lowest BCUT2D eigenvalue weighted by atomic mass is 10.3. The Morgan fingerprint density at radius 1 is 1.42 bits per heavy atom. The van der Waals surface area contributed by atoms with E-state index in [0.717, 1.165) is 4.90 Å². The second kappa shape index (κ2) is 5.40. The molecule has 1 heterocycles. The molecule has 0 radical (unpaired) electrons. The van der Waals surface area contributed by atoms with E-state index in [4.69, 9.17) is 10.5 Å². The molecule has 0 saturated carbocycles. The SMILES string of the molecule is CC(C)Oc1cc(N)cc(Sc2n[nH]c(=O)n2C)c1. The molecule has 6 nitrogen and oxygen atoms in total. The Kier molecular flexibility index (Phi) is 3.84. The fourth-order valence-electron chi connectivity index (χ4n) is 1.52. The number of nitrogens with zero attached hydrogens (tertiary/aromatic N) is 2. The number of aromatic amines is 1. The number of H-pyrrole nitrogens is 1. The molecule has 0 atom stereocenters. The Balaban J connectivity index is 2.27. The molecule has 0 aliphatic carbocycles. The summed E-state index contributed by atoms with van der Waals surface area (Å²) in [5, 5.41) is 6.91. The molecule has 0 aliphatic heterocycles. The zero-order chi connectivity index (χ0) is 14.0. The number of nitrogens with one attached hydrogen (secondary N) is 1. The molecule has 7 heteroatoms. The van der Waals surface area contributed by atoms with E-state index in [1.165, 1.54) is 16.3 Å². The van der Waals surface area contributed by atoms with Crippen LogP contribution in [0.1, 0.15) is 13.8 Å². The summed E-state index contributed by atoms with van der Waals surface area (Å²) in [5.41, 5.74) is 6.21. The van der Waals surface area contributed by atoms with Gasteiger partial charge in [-0.05, 0) is 37.7 Å². The average molecular weight is 280 g/mol. The number of nitrogen functional groups attached to an aromatic ring is 1. The van der Waals surface area contributed by atoms with Crippen LogP contribution < -0.4 is 16.2 Å². The van der Waals surface area contributed by atoms with Crippen molar-refractivity contribution < 1.29 is 4.74 Å². The van der Waals surface area contributed by atoms with Crippen molar-refractivity contribution in [1.82, 2.24) is 14.8 Å². The Labute approximate surface area is 115 Å². The highest BCUT2D eigenvalue weighted by Crippen LogP contribution is 2.30. The topological polar surface area (TPSA) is 85.9 Å². The quantitative estimate of drug-likeness (QED) is 0.831. The fraction of sp³-hybridized carbons (Fsp3) is 0.333. The van der Waals surface area contributed by atoms with Gasteiger partial charge in [-0.2, -0.15) is 0 Å². The predicted molar refractivity (Wildman–Crippen MR) is 74.6 cm³/mol. The minimum Gasteiger partial charge on any atom is -0.491 e. The van der Waals surface area contributed by atoms with Crippen molar-refractivity contribution in [3.05, 3.63) is 28.7 Å². The van der Waals surface area contributed by atoms with Crippen molar-refractivity contribution in [2.45, 2.75) is 30.0 Å². The molecule has 1 aromatic heterocycles. The monoisotopic (exact) mass is 280 g/mol.